The molecule has 1 amide bonds. The Hall–Kier alpha value is -2.96. The quantitative estimate of drug-likeness (QED) is 0.588. The third-order valence-corrected chi connectivity index (χ3v) is 5.72. The molecule has 3 aromatic rings. The highest BCUT2D eigenvalue weighted by Gasteiger charge is 2.21. The minimum atomic E-state index is -0.149. The van der Waals surface area contributed by atoms with Gasteiger partial charge in [0.05, 0.1) is 0 Å². The number of aryl methyl sites for hydroxylation is 1. The molecule has 1 fully saturated rings. The van der Waals surface area contributed by atoms with Crippen LogP contribution in [0, 0.1) is 6.92 Å². The summed E-state index contributed by atoms with van der Waals surface area (Å²) in [4.78, 5) is 32.8. The smallest absolute Gasteiger partial charge is 0.251 e. The van der Waals surface area contributed by atoms with E-state index < -0.39 is 0 Å². The number of benzene rings is 2. The van der Waals surface area contributed by atoms with Gasteiger partial charge in [0.25, 0.3) is 5.56 Å². The molecule has 6 nitrogen and oxygen atoms in total. The highest BCUT2D eigenvalue weighted by atomic mass is 35.5. The number of hydrogen-bond acceptors (Lipinski definition) is 4. The van der Waals surface area contributed by atoms with Crippen molar-refractivity contribution >= 4 is 23.2 Å². The second-order valence-corrected chi connectivity index (χ2v) is 8.26. The van der Waals surface area contributed by atoms with E-state index in [-0.39, 0.29) is 17.5 Å². The summed E-state index contributed by atoms with van der Waals surface area (Å²) in [5, 5.41) is 4.26. The van der Waals surface area contributed by atoms with Gasteiger partial charge in [0.2, 0.25) is 5.91 Å². The van der Waals surface area contributed by atoms with Crippen molar-refractivity contribution < 1.29 is 4.79 Å². The molecule has 0 saturated carbocycles. The van der Waals surface area contributed by atoms with E-state index in [2.05, 4.69) is 15.3 Å². The number of nitrogens with zero attached hydrogens (tertiary/aromatic N) is 2. The Kier molecular flexibility index (Phi) is 6.49. The lowest BCUT2D eigenvalue weighted by molar-refractivity contribution is -0.117. The average Bonchev–Trinajstić information content (AvgIpc) is 3.17. The molecule has 31 heavy (non-hydrogen) atoms. The molecular formula is C24H25ClN4O2. The zero-order valence-corrected chi connectivity index (χ0v) is 18.2. The van der Waals surface area contributed by atoms with Crippen LogP contribution < -0.4 is 15.8 Å². The number of nitrogens with one attached hydrogen (secondary N) is 2. The maximum Gasteiger partial charge on any atom is 0.251 e. The van der Waals surface area contributed by atoms with Crippen molar-refractivity contribution in [1.82, 2.24) is 15.3 Å². The molecule has 2 aromatic carbocycles. The summed E-state index contributed by atoms with van der Waals surface area (Å²) < 4.78 is 0. The number of H-pyrrole nitrogens is 1. The fourth-order valence-corrected chi connectivity index (χ4v) is 4.04. The second-order valence-electron chi connectivity index (χ2n) is 7.83. The largest absolute Gasteiger partial charge is 0.312 e. The van der Waals surface area contributed by atoms with Crippen LogP contribution >= 0.6 is 11.6 Å². The van der Waals surface area contributed by atoms with Gasteiger partial charge in [-0.3, -0.25) is 9.59 Å². The fraction of sp³-hybridized carbons (Fsp3) is 0.292. The van der Waals surface area contributed by atoms with E-state index >= 15 is 0 Å². The third-order valence-electron chi connectivity index (χ3n) is 5.47. The summed E-state index contributed by atoms with van der Waals surface area (Å²) >= 11 is 6.06. The minimum Gasteiger partial charge on any atom is -0.312 e. The number of anilines is 1. The zero-order valence-electron chi connectivity index (χ0n) is 17.4. The van der Waals surface area contributed by atoms with Crippen molar-refractivity contribution in [3.63, 3.8) is 0 Å². The van der Waals surface area contributed by atoms with Crippen LogP contribution in [-0.4, -0.2) is 22.4 Å². The van der Waals surface area contributed by atoms with Crippen molar-refractivity contribution in [3.8, 4) is 0 Å². The highest BCUT2D eigenvalue weighted by Crippen LogP contribution is 2.23. The maximum absolute atomic E-state index is 12.0. The number of carbonyl (C=O) groups is 1. The molecule has 0 aliphatic carbocycles. The summed E-state index contributed by atoms with van der Waals surface area (Å²) in [6.07, 6.45) is 2.12. The molecule has 2 N–H and O–H groups in total. The van der Waals surface area contributed by atoms with Gasteiger partial charge in [-0.2, -0.15) is 0 Å². The number of halogens is 1. The fourth-order valence-electron chi connectivity index (χ4n) is 3.91. The van der Waals surface area contributed by atoms with Gasteiger partial charge >= 0.3 is 0 Å². The Morgan fingerprint density at radius 1 is 1.13 bits per heavy atom. The standard InChI is InChI=1S/C24H25ClN4O2/c1-16-27-20(14-23(30)28-16)13-22(18-6-8-19(25)9-7-18)26-15-17-4-10-21(11-5-17)29-12-2-3-24(29)31/h4-11,14,22,26H,2-3,12-13,15H2,1H3,(H,27,28,30)/t22-/m1/s1. The van der Waals surface area contributed by atoms with E-state index in [4.69, 9.17) is 11.6 Å². The number of rotatable bonds is 7. The van der Waals surface area contributed by atoms with E-state index in [1.807, 2.05) is 53.4 Å². The summed E-state index contributed by atoms with van der Waals surface area (Å²) in [5.74, 6) is 0.790. The molecule has 0 spiro atoms. The normalized spacial score (nSPS) is 14.8. The SMILES string of the molecule is Cc1nc(C[C@@H](NCc2ccc(N3CCCC3=O)cc2)c2ccc(Cl)cc2)cc(=O)[nH]1. The van der Waals surface area contributed by atoms with Crippen molar-refractivity contribution in [1.29, 1.82) is 0 Å². The van der Waals surface area contributed by atoms with Crippen LogP contribution in [0.25, 0.3) is 0 Å². The van der Waals surface area contributed by atoms with Crippen LogP contribution in [0.2, 0.25) is 5.02 Å². The predicted molar refractivity (Wildman–Crippen MR) is 122 cm³/mol. The number of carbonyl (C=O) groups excluding carboxylic acids is 1. The van der Waals surface area contributed by atoms with E-state index in [1.165, 1.54) is 0 Å². The average molecular weight is 437 g/mol. The topological polar surface area (TPSA) is 78.1 Å². The van der Waals surface area contributed by atoms with Crippen molar-refractivity contribution in [2.45, 2.75) is 38.8 Å². The van der Waals surface area contributed by atoms with Crippen LogP contribution in [0.5, 0.6) is 0 Å². The van der Waals surface area contributed by atoms with Gasteiger partial charge in [-0.05, 0) is 48.7 Å². The van der Waals surface area contributed by atoms with Gasteiger partial charge in [-0.1, -0.05) is 35.9 Å². The zero-order chi connectivity index (χ0) is 21.8. The molecule has 1 saturated heterocycles. The van der Waals surface area contributed by atoms with Crippen LogP contribution in [0.3, 0.4) is 0 Å². The summed E-state index contributed by atoms with van der Waals surface area (Å²) in [5.41, 5.74) is 3.72. The molecule has 2 heterocycles. The Labute approximate surface area is 186 Å². The van der Waals surface area contributed by atoms with E-state index in [0.717, 1.165) is 35.5 Å². The Morgan fingerprint density at radius 3 is 2.52 bits per heavy atom. The molecule has 4 rings (SSSR count). The molecule has 1 aliphatic heterocycles. The monoisotopic (exact) mass is 436 g/mol. The molecule has 160 valence electrons. The number of aromatic amines is 1. The van der Waals surface area contributed by atoms with Crippen molar-refractivity contribution in [3.05, 3.63) is 92.6 Å². The van der Waals surface area contributed by atoms with Gasteiger partial charge in [0, 0.05) is 54.4 Å². The van der Waals surface area contributed by atoms with E-state index in [9.17, 15) is 9.59 Å². The molecule has 0 unspecified atom stereocenters. The Bertz CT molecular complexity index is 1110. The van der Waals surface area contributed by atoms with E-state index in [1.54, 1.807) is 13.0 Å². The Morgan fingerprint density at radius 2 is 1.87 bits per heavy atom. The lowest BCUT2D eigenvalue weighted by Gasteiger charge is -2.20. The van der Waals surface area contributed by atoms with E-state index in [0.29, 0.717) is 30.2 Å². The summed E-state index contributed by atoms with van der Waals surface area (Å²) in [6.45, 7) is 3.21. The maximum atomic E-state index is 12.0. The third kappa shape index (κ3) is 5.40. The van der Waals surface area contributed by atoms with Crippen LogP contribution in [0.1, 0.15) is 41.5 Å². The molecule has 7 heteroatoms. The van der Waals surface area contributed by atoms with Crippen LogP contribution in [0.15, 0.2) is 59.4 Å². The first-order valence-corrected chi connectivity index (χ1v) is 10.8. The number of amides is 1. The molecular weight excluding hydrogens is 412 g/mol. The molecule has 0 bridgehead atoms. The van der Waals surface area contributed by atoms with Crippen LogP contribution in [-0.2, 0) is 17.8 Å². The van der Waals surface area contributed by atoms with Gasteiger partial charge in [-0.25, -0.2) is 4.98 Å². The molecule has 0 radical (unpaired) electrons. The van der Waals surface area contributed by atoms with Crippen molar-refractivity contribution in [2.24, 2.45) is 0 Å². The second kappa shape index (κ2) is 9.45. The molecule has 1 aliphatic rings. The highest BCUT2D eigenvalue weighted by molar-refractivity contribution is 6.30. The van der Waals surface area contributed by atoms with Crippen molar-refractivity contribution in [2.75, 3.05) is 11.4 Å². The van der Waals surface area contributed by atoms with Gasteiger partial charge in [0.15, 0.2) is 0 Å². The first kappa shape index (κ1) is 21.3. The lowest BCUT2D eigenvalue weighted by atomic mass is 10.0. The number of aromatic nitrogens is 2. The number of hydrogen-bond donors (Lipinski definition) is 2. The van der Waals surface area contributed by atoms with Gasteiger partial charge in [0.1, 0.15) is 5.82 Å². The first-order valence-electron chi connectivity index (χ1n) is 10.4. The molecule has 1 atom stereocenters. The van der Waals surface area contributed by atoms with Gasteiger partial charge in [-0.15, -0.1) is 0 Å². The van der Waals surface area contributed by atoms with Crippen LogP contribution in [0.4, 0.5) is 5.69 Å². The van der Waals surface area contributed by atoms with Gasteiger partial charge < -0.3 is 15.2 Å². The summed E-state index contributed by atoms with van der Waals surface area (Å²) in [7, 11) is 0. The summed E-state index contributed by atoms with van der Waals surface area (Å²) in [6, 6.07) is 17.3. The first-order chi connectivity index (χ1) is 15.0. The minimum absolute atomic E-state index is 0.0363. The lowest BCUT2D eigenvalue weighted by Crippen LogP contribution is -2.25. The molecule has 1 aromatic heterocycles. The Balaban J connectivity index is 1.49. The predicted octanol–water partition coefficient (Wildman–Crippen LogP) is 3.93.